The van der Waals surface area contributed by atoms with Crippen LogP contribution in [0.3, 0.4) is 0 Å². The van der Waals surface area contributed by atoms with E-state index in [1.807, 2.05) is 25.7 Å². The molecule has 0 aromatic carbocycles. The van der Waals surface area contributed by atoms with Gasteiger partial charge in [-0.15, -0.1) is 0 Å². The topological polar surface area (TPSA) is 41.6 Å². The summed E-state index contributed by atoms with van der Waals surface area (Å²) in [5.74, 6) is 0.608. The van der Waals surface area contributed by atoms with Gasteiger partial charge in [-0.2, -0.15) is 0 Å². The highest BCUT2D eigenvalue weighted by atomic mass is 16.6. The highest BCUT2D eigenvalue weighted by Gasteiger charge is 2.49. The lowest BCUT2D eigenvalue weighted by molar-refractivity contribution is 0.0205. The van der Waals surface area contributed by atoms with Gasteiger partial charge in [0, 0.05) is 12.1 Å². The number of rotatable bonds is 3. The SMILES string of the molecule is CCNCC1CC2CCC1N2C(=O)OC(C)(C)C. The standard InChI is InChI=1S/C14H26N2O2/c1-5-15-9-10-8-11-6-7-12(10)16(11)13(17)18-14(2,3)4/h10-12,15H,5-9H2,1-4H3. The fourth-order valence-electron chi connectivity index (χ4n) is 3.26. The summed E-state index contributed by atoms with van der Waals surface area (Å²) in [5.41, 5.74) is -0.393. The van der Waals surface area contributed by atoms with E-state index in [1.165, 1.54) is 0 Å². The van der Waals surface area contributed by atoms with E-state index in [4.69, 9.17) is 4.74 Å². The van der Waals surface area contributed by atoms with Crippen molar-refractivity contribution in [2.24, 2.45) is 5.92 Å². The van der Waals surface area contributed by atoms with Crippen LogP contribution in [0.1, 0.15) is 47.0 Å². The molecule has 18 heavy (non-hydrogen) atoms. The molecule has 0 spiro atoms. The average molecular weight is 254 g/mol. The fourth-order valence-corrected chi connectivity index (χ4v) is 3.26. The molecule has 1 amide bonds. The van der Waals surface area contributed by atoms with Crippen molar-refractivity contribution in [1.82, 2.24) is 10.2 Å². The van der Waals surface area contributed by atoms with Crippen molar-refractivity contribution >= 4 is 6.09 Å². The van der Waals surface area contributed by atoms with Crippen LogP contribution in [0.25, 0.3) is 0 Å². The van der Waals surface area contributed by atoms with Gasteiger partial charge in [0.15, 0.2) is 0 Å². The van der Waals surface area contributed by atoms with Crippen molar-refractivity contribution < 1.29 is 9.53 Å². The van der Waals surface area contributed by atoms with Gasteiger partial charge in [0.25, 0.3) is 0 Å². The molecule has 2 aliphatic rings. The van der Waals surface area contributed by atoms with Crippen molar-refractivity contribution in [2.75, 3.05) is 13.1 Å². The second-order valence-electron chi connectivity index (χ2n) is 6.49. The van der Waals surface area contributed by atoms with Crippen LogP contribution in [0.5, 0.6) is 0 Å². The molecule has 2 fully saturated rings. The first-order valence-corrected chi connectivity index (χ1v) is 7.14. The molecule has 2 heterocycles. The van der Waals surface area contributed by atoms with Gasteiger partial charge in [-0.25, -0.2) is 4.79 Å². The Morgan fingerprint density at radius 2 is 2.11 bits per heavy atom. The van der Waals surface area contributed by atoms with Crippen LogP contribution >= 0.6 is 0 Å². The van der Waals surface area contributed by atoms with Crippen LogP contribution in [-0.2, 0) is 4.74 Å². The quantitative estimate of drug-likeness (QED) is 0.840. The number of nitrogens with zero attached hydrogens (tertiary/aromatic N) is 1. The van der Waals surface area contributed by atoms with E-state index in [1.54, 1.807) is 0 Å². The summed E-state index contributed by atoms with van der Waals surface area (Å²) in [4.78, 5) is 14.2. The monoisotopic (exact) mass is 254 g/mol. The van der Waals surface area contributed by atoms with Crippen LogP contribution in [0.15, 0.2) is 0 Å². The molecule has 4 heteroatoms. The molecule has 3 atom stereocenters. The van der Waals surface area contributed by atoms with Crippen molar-refractivity contribution in [3.63, 3.8) is 0 Å². The van der Waals surface area contributed by atoms with E-state index < -0.39 is 5.60 Å². The first-order valence-electron chi connectivity index (χ1n) is 7.14. The van der Waals surface area contributed by atoms with Crippen LogP contribution in [-0.4, -0.2) is 41.8 Å². The smallest absolute Gasteiger partial charge is 0.410 e. The third-order valence-corrected chi connectivity index (χ3v) is 3.93. The lowest BCUT2D eigenvalue weighted by Crippen LogP contribution is -2.41. The van der Waals surface area contributed by atoms with Gasteiger partial charge in [-0.05, 0) is 59.0 Å². The number of fused-ring (bicyclic) bond motifs is 2. The predicted octanol–water partition coefficient (Wildman–Crippen LogP) is 2.38. The predicted molar refractivity (Wildman–Crippen MR) is 71.5 cm³/mol. The maximum atomic E-state index is 12.2. The van der Waals surface area contributed by atoms with E-state index in [9.17, 15) is 4.79 Å². The molecule has 2 aliphatic heterocycles. The minimum Gasteiger partial charge on any atom is -0.444 e. The third kappa shape index (κ3) is 2.79. The summed E-state index contributed by atoms with van der Waals surface area (Å²) < 4.78 is 5.52. The van der Waals surface area contributed by atoms with Gasteiger partial charge in [0.05, 0.1) is 0 Å². The molecule has 1 N–H and O–H groups in total. The van der Waals surface area contributed by atoms with Crippen LogP contribution in [0, 0.1) is 5.92 Å². The molecule has 2 bridgehead atoms. The molecule has 3 unspecified atom stereocenters. The Morgan fingerprint density at radius 1 is 1.39 bits per heavy atom. The number of nitrogens with one attached hydrogen (secondary N) is 1. The highest BCUT2D eigenvalue weighted by Crippen LogP contribution is 2.42. The second kappa shape index (κ2) is 5.08. The summed E-state index contributed by atoms with van der Waals surface area (Å²) >= 11 is 0. The Morgan fingerprint density at radius 3 is 2.72 bits per heavy atom. The Labute approximate surface area is 110 Å². The van der Waals surface area contributed by atoms with Crippen molar-refractivity contribution in [1.29, 1.82) is 0 Å². The Hall–Kier alpha value is -0.770. The molecule has 0 aliphatic carbocycles. The normalized spacial score (nSPS) is 30.9. The van der Waals surface area contributed by atoms with Crippen molar-refractivity contribution in [3.8, 4) is 0 Å². The van der Waals surface area contributed by atoms with Crippen LogP contribution in [0.4, 0.5) is 4.79 Å². The number of carbonyl (C=O) groups is 1. The molecular formula is C14H26N2O2. The molecule has 0 radical (unpaired) electrons. The molecule has 2 rings (SSSR count). The summed E-state index contributed by atoms with van der Waals surface area (Å²) in [5, 5.41) is 3.40. The van der Waals surface area contributed by atoms with Crippen LogP contribution in [0.2, 0.25) is 0 Å². The van der Waals surface area contributed by atoms with Crippen molar-refractivity contribution in [3.05, 3.63) is 0 Å². The maximum absolute atomic E-state index is 12.2. The third-order valence-electron chi connectivity index (χ3n) is 3.93. The summed E-state index contributed by atoms with van der Waals surface area (Å²) in [6.45, 7) is 9.94. The van der Waals surface area contributed by atoms with E-state index in [-0.39, 0.29) is 6.09 Å². The Kier molecular flexibility index (Phi) is 3.85. The molecule has 0 saturated carbocycles. The number of hydrogen-bond acceptors (Lipinski definition) is 3. The zero-order valence-corrected chi connectivity index (χ0v) is 12.0. The maximum Gasteiger partial charge on any atom is 0.410 e. The molecule has 104 valence electrons. The second-order valence-corrected chi connectivity index (χ2v) is 6.49. The van der Waals surface area contributed by atoms with Gasteiger partial charge >= 0.3 is 6.09 Å². The zero-order chi connectivity index (χ0) is 13.3. The van der Waals surface area contributed by atoms with E-state index in [0.717, 1.165) is 32.4 Å². The Balaban J connectivity index is 1.96. The minimum absolute atomic E-state index is 0.117. The first-order chi connectivity index (χ1) is 8.42. The fraction of sp³-hybridized carbons (Fsp3) is 0.929. The summed E-state index contributed by atoms with van der Waals surface area (Å²) in [6, 6.07) is 0.803. The van der Waals surface area contributed by atoms with Crippen molar-refractivity contribution in [2.45, 2.75) is 64.6 Å². The zero-order valence-electron chi connectivity index (χ0n) is 12.0. The molecule has 4 nitrogen and oxygen atoms in total. The average Bonchev–Trinajstić information content (AvgIpc) is 2.80. The minimum atomic E-state index is -0.393. The van der Waals surface area contributed by atoms with Gasteiger partial charge in [-0.1, -0.05) is 6.92 Å². The number of amides is 1. The molecular weight excluding hydrogens is 228 g/mol. The number of carbonyl (C=O) groups excluding carboxylic acids is 1. The molecule has 0 aromatic rings. The number of ether oxygens (including phenoxy) is 1. The molecule has 0 aromatic heterocycles. The van der Waals surface area contributed by atoms with E-state index in [2.05, 4.69) is 12.2 Å². The molecule has 2 saturated heterocycles. The van der Waals surface area contributed by atoms with Gasteiger partial charge < -0.3 is 15.0 Å². The largest absolute Gasteiger partial charge is 0.444 e. The summed E-state index contributed by atoms with van der Waals surface area (Å²) in [6.07, 6.45) is 3.30. The van der Waals surface area contributed by atoms with Crippen LogP contribution < -0.4 is 5.32 Å². The Bertz CT molecular complexity index is 311. The number of hydrogen-bond donors (Lipinski definition) is 1. The first kappa shape index (κ1) is 13.7. The van der Waals surface area contributed by atoms with Gasteiger partial charge in [0.2, 0.25) is 0 Å². The lowest BCUT2D eigenvalue weighted by Gasteiger charge is -2.28. The lowest BCUT2D eigenvalue weighted by atomic mass is 9.89. The summed E-state index contributed by atoms with van der Waals surface area (Å²) in [7, 11) is 0. The van der Waals surface area contributed by atoms with Gasteiger partial charge in [0.1, 0.15) is 5.60 Å². The van der Waals surface area contributed by atoms with Gasteiger partial charge in [-0.3, -0.25) is 0 Å². The van der Waals surface area contributed by atoms with E-state index in [0.29, 0.717) is 18.0 Å². The highest BCUT2D eigenvalue weighted by molar-refractivity contribution is 5.70. The van der Waals surface area contributed by atoms with E-state index >= 15 is 0 Å².